The molecule has 23 heteroatoms. The van der Waals surface area contributed by atoms with Crippen LogP contribution < -0.4 is 10.6 Å². The molecule has 13 nitrogen and oxygen atoms in total. The first-order valence-corrected chi connectivity index (χ1v) is 23.1. The Morgan fingerprint density at radius 3 is 1.30 bits per heavy atom. The van der Waals surface area contributed by atoms with E-state index < -0.39 is 96.5 Å². The van der Waals surface area contributed by atoms with Gasteiger partial charge in [0.25, 0.3) is 0 Å². The minimum absolute atomic E-state index is 0.0385. The molecule has 0 radical (unpaired) electrons. The van der Waals surface area contributed by atoms with E-state index in [9.17, 15) is 43.2 Å². The second-order valence-corrected chi connectivity index (χ2v) is 19.7. The quantitative estimate of drug-likeness (QED) is 0.182. The highest BCUT2D eigenvalue weighted by molar-refractivity contribution is 7.91. The van der Waals surface area contributed by atoms with Gasteiger partial charge in [0, 0.05) is 63.9 Å². The van der Waals surface area contributed by atoms with Crippen molar-refractivity contribution in [1.29, 1.82) is 0 Å². The van der Waals surface area contributed by atoms with Gasteiger partial charge in [-0.25, -0.2) is 16.8 Å². The van der Waals surface area contributed by atoms with E-state index in [-0.39, 0.29) is 47.4 Å². The molecule has 0 spiro atoms. The van der Waals surface area contributed by atoms with Crippen LogP contribution in [0, 0.1) is 13.8 Å². The van der Waals surface area contributed by atoms with Gasteiger partial charge in [-0.05, 0) is 49.2 Å². The van der Waals surface area contributed by atoms with Crippen LogP contribution in [0.4, 0.5) is 26.3 Å². The van der Waals surface area contributed by atoms with Gasteiger partial charge in [0.05, 0.1) is 56.4 Å². The van der Waals surface area contributed by atoms with E-state index in [4.69, 9.17) is 23.2 Å². The van der Waals surface area contributed by atoms with E-state index in [1.54, 1.807) is 34.1 Å². The minimum atomic E-state index is -4.94. The molecule has 328 valence electrons. The predicted molar refractivity (Wildman–Crippen MR) is 210 cm³/mol. The van der Waals surface area contributed by atoms with Crippen molar-refractivity contribution in [1.82, 2.24) is 40.0 Å². The number of benzene rings is 2. The number of ketones is 1. The lowest BCUT2D eigenvalue weighted by atomic mass is 9.93. The number of sulfone groups is 2. The smallest absolute Gasteiger partial charge is 0.314 e. The summed E-state index contributed by atoms with van der Waals surface area (Å²) in [5, 5.41) is 12.8. The number of alkyl halides is 6. The zero-order valence-corrected chi connectivity index (χ0v) is 35.8. The molecule has 2 aliphatic heterocycles. The fraction of sp³-hybridized carbons (Fsp3) is 0.486. The van der Waals surface area contributed by atoms with Crippen molar-refractivity contribution in [3.8, 4) is 0 Å². The molecule has 4 aromatic rings. The number of Topliss-reactive ketones (excluding diaryl/α,β-unsaturated/α-hetero) is 1. The first-order chi connectivity index (χ1) is 27.9. The van der Waals surface area contributed by atoms with Crippen LogP contribution in [-0.4, -0.2) is 116 Å². The molecule has 4 atom stereocenters. The van der Waals surface area contributed by atoms with E-state index in [2.05, 4.69) is 20.8 Å². The van der Waals surface area contributed by atoms with Gasteiger partial charge in [-0.1, -0.05) is 47.5 Å². The van der Waals surface area contributed by atoms with Crippen molar-refractivity contribution in [2.24, 2.45) is 0 Å². The molecule has 2 aliphatic rings. The number of carbonyl (C=O) groups excluding carboxylic acids is 1. The highest BCUT2D eigenvalue weighted by atomic mass is 35.5. The van der Waals surface area contributed by atoms with Gasteiger partial charge in [-0.2, -0.15) is 36.5 Å². The number of carbonyl (C=O) groups is 1. The van der Waals surface area contributed by atoms with Crippen LogP contribution in [0.3, 0.4) is 0 Å². The normalized spacial score (nSPS) is 20.0. The van der Waals surface area contributed by atoms with Gasteiger partial charge in [-0.3, -0.25) is 24.0 Å². The van der Waals surface area contributed by atoms with Gasteiger partial charge in [0.1, 0.15) is 0 Å². The summed E-state index contributed by atoms with van der Waals surface area (Å²) in [6, 6.07) is 8.02. The summed E-state index contributed by atoms with van der Waals surface area (Å²) in [5.41, 5.74) is -1.75. The summed E-state index contributed by atoms with van der Waals surface area (Å²) in [6.07, 6.45) is -7.79. The fourth-order valence-corrected chi connectivity index (χ4v) is 9.46. The Labute approximate surface area is 352 Å². The summed E-state index contributed by atoms with van der Waals surface area (Å²) in [5.74, 6) is -0.603. The third kappa shape index (κ3) is 9.72. The summed E-state index contributed by atoms with van der Waals surface area (Å²) in [4.78, 5) is 19.3. The molecule has 2 N–H and O–H groups in total. The number of rotatable bonds is 12. The van der Waals surface area contributed by atoms with Gasteiger partial charge in [0.15, 0.2) is 36.8 Å². The average Bonchev–Trinajstić information content (AvgIpc) is 3.64. The van der Waals surface area contributed by atoms with Crippen LogP contribution in [0.1, 0.15) is 46.0 Å². The molecule has 2 fully saturated rings. The second kappa shape index (κ2) is 17.3. The Morgan fingerprint density at radius 1 is 0.683 bits per heavy atom. The maximum atomic E-state index is 15.7. The highest BCUT2D eigenvalue weighted by Gasteiger charge is 2.45. The topological polar surface area (TPSA) is 152 Å². The Hall–Kier alpha value is -3.57. The molecular weight excluding hydrogens is 885 g/mol. The van der Waals surface area contributed by atoms with Crippen molar-refractivity contribution >= 4 is 48.7 Å². The molecule has 0 saturated carbocycles. The van der Waals surface area contributed by atoms with E-state index in [0.29, 0.717) is 24.2 Å². The zero-order chi connectivity index (χ0) is 44.1. The number of hydrogen-bond acceptors (Lipinski definition) is 11. The minimum Gasteiger partial charge on any atom is -0.314 e. The Bertz CT molecular complexity index is 2280. The number of piperazine rings is 2. The lowest BCUT2D eigenvalue weighted by Gasteiger charge is -2.45. The molecule has 2 aromatic heterocycles. The lowest BCUT2D eigenvalue weighted by Crippen LogP contribution is -2.61. The van der Waals surface area contributed by atoms with Crippen LogP contribution in [0.2, 0.25) is 10.0 Å². The van der Waals surface area contributed by atoms with Gasteiger partial charge in [-0.15, -0.1) is 0 Å². The maximum Gasteiger partial charge on any atom is 0.436 e. The molecule has 0 bridgehead atoms. The lowest BCUT2D eigenvalue weighted by molar-refractivity contribution is -0.142. The average molecular weight is 928 g/mol. The summed E-state index contributed by atoms with van der Waals surface area (Å²) < 4.78 is 136. The predicted octanol–water partition coefficient (Wildman–Crippen LogP) is 5.15. The largest absolute Gasteiger partial charge is 0.436 e. The monoisotopic (exact) mass is 926 g/mol. The molecule has 4 heterocycles. The van der Waals surface area contributed by atoms with Gasteiger partial charge >= 0.3 is 12.4 Å². The molecule has 2 aromatic carbocycles. The number of aromatic nitrogens is 4. The maximum absolute atomic E-state index is 15.7. The summed E-state index contributed by atoms with van der Waals surface area (Å²) in [6.45, 7) is 3.12. The van der Waals surface area contributed by atoms with Crippen molar-refractivity contribution < 1.29 is 48.0 Å². The number of hydrogen-bond donors (Lipinski definition) is 2. The number of halogens is 8. The summed E-state index contributed by atoms with van der Waals surface area (Å²) in [7, 11) is -7.17. The molecule has 6 rings (SSSR count). The van der Waals surface area contributed by atoms with Gasteiger partial charge in [0.2, 0.25) is 0 Å². The van der Waals surface area contributed by atoms with E-state index in [1.165, 1.54) is 38.1 Å². The SMILES string of the molecule is Cc1c(Cl)c(C(F)(F)F)nn1CC(C(=O)C(Cn1nc(C(F)(F)F)c(Cl)c1C)N1CCNCC1c1ccc(S(C)(=O)=O)cc1)N1CCNCC1c1ccc(S(C)(=O)=O)cc1. The van der Waals surface area contributed by atoms with Crippen LogP contribution in [0.5, 0.6) is 0 Å². The molecule has 0 amide bonds. The molecule has 4 unspecified atom stereocenters. The first-order valence-electron chi connectivity index (χ1n) is 18.5. The Kier molecular flexibility index (Phi) is 13.2. The Morgan fingerprint density at radius 2 is 1.02 bits per heavy atom. The van der Waals surface area contributed by atoms with Crippen molar-refractivity contribution in [2.45, 2.75) is 73.2 Å². The van der Waals surface area contributed by atoms with E-state index >= 15 is 4.79 Å². The van der Waals surface area contributed by atoms with Crippen LogP contribution in [-0.2, 0) is 49.9 Å². The second-order valence-electron chi connectivity index (χ2n) is 14.9. The van der Waals surface area contributed by atoms with Crippen molar-refractivity contribution in [2.75, 3.05) is 51.8 Å². The van der Waals surface area contributed by atoms with Crippen molar-refractivity contribution in [3.63, 3.8) is 0 Å². The third-order valence-electron chi connectivity index (χ3n) is 10.9. The zero-order valence-electron chi connectivity index (χ0n) is 32.6. The van der Waals surface area contributed by atoms with Crippen molar-refractivity contribution in [3.05, 3.63) is 92.5 Å². The summed E-state index contributed by atoms with van der Waals surface area (Å²) >= 11 is 12.4. The highest BCUT2D eigenvalue weighted by Crippen LogP contribution is 2.38. The van der Waals surface area contributed by atoms with Crippen LogP contribution in [0.15, 0.2) is 58.3 Å². The van der Waals surface area contributed by atoms with Crippen LogP contribution in [0.25, 0.3) is 0 Å². The third-order valence-corrected chi connectivity index (χ3v) is 14.1. The first kappa shape index (κ1) is 45.9. The van der Waals surface area contributed by atoms with Gasteiger partial charge < -0.3 is 10.6 Å². The number of nitrogens with zero attached hydrogens (tertiary/aromatic N) is 6. The molecule has 60 heavy (non-hydrogen) atoms. The van der Waals surface area contributed by atoms with E-state index in [1.807, 2.05) is 0 Å². The molecular formula is C37H42Cl2F6N8O5S2. The molecule has 2 saturated heterocycles. The number of nitrogens with one attached hydrogen (secondary N) is 2. The fourth-order valence-electron chi connectivity index (χ4n) is 7.71. The molecule has 0 aliphatic carbocycles. The standard InChI is InChI=1S/C37H42Cl2F6N8O5S2/c1-21-31(38)34(36(40,41)42)48-52(21)19-29(50-15-13-46-17-27(50)23-5-9-25(10-6-23)59(3,55)56)33(54)30(20-53-22(2)32(39)35(49-53)37(43,44)45)51-16-14-47-18-28(51)24-7-11-26(12-8-24)60(4,57)58/h5-12,27-30,46-47H,13-20H2,1-4H3. The van der Waals surface area contributed by atoms with Crippen LogP contribution >= 0.6 is 23.2 Å². The Balaban J connectivity index is 1.52. The van der Waals surface area contributed by atoms with E-state index in [0.717, 1.165) is 21.9 Å².